The molecule has 0 aliphatic carbocycles. The molecule has 0 aliphatic heterocycles. The van der Waals surface area contributed by atoms with E-state index in [1.165, 1.54) is 0 Å². The third kappa shape index (κ3) is 7.14. The molecule has 0 aliphatic rings. The van der Waals surface area contributed by atoms with Gasteiger partial charge in [-0.25, -0.2) is 4.79 Å². The lowest BCUT2D eigenvalue weighted by atomic mass is 10.0. The average Bonchev–Trinajstić information content (AvgIpc) is 3.28. The number of amides is 3. The number of para-hydroxylation sites is 1. The van der Waals surface area contributed by atoms with Crippen LogP contribution in [-0.2, 0) is 32.0 Å². The molecule has 2 aromatic carbocycles. The van der Waals surface area contributed by atoms with Gasteiger partial charge in [-0.15, -0.1) is 0 Å². The van der Waals surface area contributed by atoms with E-state index in [1.54, 1.807) is 6.20 Å². The zero-order valence-corrected chi connectivity index (χ0v) is 19.4. The molecule has 0 saturated carbocycles. The van der Waals surface area contributed by atoms with Gasteiger partial charge in [0, 0.05) is 23.5 Å². The molecule has 3 aromatic rings. The number of hydrogen-bond donors (Lipinski definition) is 7. The van der Waals surface area contributed by atoms with E-state index in [4.69, 9.17) is 15.9 Å². The van der Waals surface area contributed by atoms with Gasteiger partial charge < -0.3 is 36.9 Å². The smallest absolute Gasteiger partial charge is 0.328 e. The van der Waals surface area contributed by atoms with Crippen molar-refractivity contribution < 1.29 is 29.4 Å². The summed E-state index contributed by atoms with van der Waals surface area (Å²) in [5.41, 5.74) is 8.60. The number of carboxylic acid groups (broad SMARTS) is 1. The maximum atomic E-state index is 13.0. The number of benzene rings is 2. The highest BCUT2D eigenvalue weighted by atomic mass is 16.4. The summed E-state index contributed by atoms with van der Waals surface area (Å²) in [6, 6.07) is 13.2. The summed E-state index contributed by atoms with van der Waals surface area (Å²) in [5, 5.41) is 26.1. The summed E-state index contributed by atoms with van der Waals surface area (Å²) >= 11 is 0. The fourth-order valence-corrected chi connectivity index (χ4v) is 3.69. The van der Waals surface area contributed by atoms with E-state index < -0.39 is 55.0 Å². The van der Waals surface area contributed by atoms with Crippen molar-refractivity contribution in [2.24, 2.45) is 5.73 Å². The van der Waals surface area contributed by atoms with Gasteiger partial charge >= 0.3 is 5.97 Å². The monoisotopic (exact) mass is 495 g/mol. The Morgan fingerprint density at radius 2 is 1.58 bits per heavy atom. The van der Waals surface area contributed by atoms with Gasteiger partial charge in [0.1, 0.15) is 12.1 Å². The number of H-pyrrole nitrogens is 1. The number of aliphatic hydroxyl groups excluding tert-OH is 1. The summed E-state index contributed by atoms with van der Waals surface area (Å²) in [4.78, 5) is 52.0. The van der Waals surface area contributed by atoms with E-state index in [0.29, 0.717) is 0 Å². The van der Waals surface area contributed by atoms with E-state index in [0.717, 1.165) is 22.0 Å². The molecule has 3 unspecified atom stereocenters. The SMILES string of the molecule is NC(Cc1ccccc1)C(=O)NC(Cc1c[nH]c2ccccc12)C(=O)NCC(=O)NC(CO)C(=O)O. The van der Waals surface area contributed by atoms with Gasteiger partial charge in [-0.2, -0.15) is 0 Å². The van der Waals surface area contributed by atoms with Gasteiger partial charge in [-0.05, 0) is 23.6 Å². The summed E-state index contributed by atoms with van der Waals surface area (Å²) in [7, 11) is 0. The Labute approximate surface area is 207 Å². The van der Waals surface area contributed by atoms with Crippen LogP contribution in [0.25, 0.3) is 10.9 Å². The molecule has 1 heterocycles. The lowest BCUT2D eigenvalue weighted by molar-refractivity contribution is -0.142. The number of hydrogen-bond acceptors (Lipinski definition) is 6. The quantitative estimate of drug-likeness (QED) is 0.175. The van der Waals surface area contributed by atoms with Gasteiger partial charge in [0.2, 0.25) is 17.7 Å². The first-order chi connectivity index (χ1) is 17.3. The van der Waals surface area contributed by atoms with Crippen LogP contribution in [0, 0.1) is 0 Å². The minimum Gasteiger partial charge on any atom is -0.480 e. The van der Waals surface area contributed by atoms with Crippen LogP contribution in [0.1, 0.15) is 11.1 Å². The zero-order valence-electron chi connectivity index (χ0n) is 19.4. The standard InChI is InChI=1S/C25H29N5O6/c26-18(10-15-6-2-1-3-7-15)23(33)30-20(11-16-12-27-19-9-5-4-8-17(16)19)24(34)28-13-22(32)29-21(14-31)25(35)36/h1-9,12,18,20-21,27,31H,10-11,13-14,26H2,(H,28,34)(H,29,32)(H,30,33)(H,35,36). The normalized spacial score (nSPS) is 13.4. The number of rotatable bonds is 12. The molecule has 190 valence electrons. The van der Waals surface area contributed by atoms with Crippen molar-refractivity contribution in [2.75, 3.05) is 13.2 Å². The van der Waals surface area contributed by atoms with Crippen LogP contribution in [0.3, 0.4) is 0 Å². The number of carboxylic acids is 1. The molecule has 3 rings (SSSR count). The van der Waals surface area contributed by atoms with Crippen LogP contribution >= 0.6 is 0 Å². The van der Waals surface area contributed by atoms with Crippen LogP contribution in [0.15, 0.2) is 60.8 Å². The molecule has 0 bridgehead atoms. The number of aliphatic carboxylic acids is 1. The van der Waals surface area contributed by atoms with Crippen molar-refractivity contribution in [3.05, 3.63) is 71.9 Å². The number of aromatic nitrogens is 1. The highest BCUT2D eigenvalue weighted by Gasteiger charge is 2.26. The minimum absolute atomic E-state index is 0.121. The summed E-state index contributed by atoms with van der Waals surface area (Å²) in [6.07, 6.45) is 2.14. The van der Waals surface area contributed by atoms with Gasteiger partial charge in [0.15, 0.2) is 0 Å². The first-order valence-corrected chi connectivity index (χ1v) is 11.3. The van der Waals surface area contributed by atoms with Crippen molar-refractivity contribution in [2.45, 2.75) is 31.0 Å². The number of carbonyl (C=O) groups is 4. The second-order valence-corrected chi connectivity index (χ2v) is 8.28. The molecule has 11 nitrogen and oxygen atoms in total. The van der Waals surface area contributed by atoms with Gasteiger partial charge in [0.05, 0.1) is 19.2 Å². The number of aromatic amines is 1. The predicted octanol–water partition coefficient (Wildman–Crippen LogP) is -0.557. The average molecular weight is 496 g/mol. The van der Waals surface area contributed by atoms with Crippen molar-refractivity contribution >= 4 is 34.6 Å². The highest BCUT2D eigenvalue weighted by Crippen LogP contribution is 2.19. The Bertz CT molecular complexity index is 1210. The molecule has 0 radical (unpaired) electrons. The minimum atomic E-state index is -1.49. The summed E-state index contributed by atoms with van der Waals surface area (Å²) in [5.74, 6) is -3.39. The Hall–Kier alpha value is -4.22. The molecule has 0 saturated heterocycles. The fraction of sp³-hybridized carbons (Fsp3) is 0.280. The van der Waals surface area contributed by atoms with Crippen LogP contribution in [0.2, 0.25) is 0 Å². The van der Waals surface area contributed by atoms with Crippen LogP contribution < -0.4 is 21.7 Å². The topological polar surface area (TPSA) is 187 Å². The van der Waals surface area contributed by atoms with Crippen LogP contribution in [0.4, 0.5) is 0 Å². The lowest BCUT2D eigenvalue weighted by Crippen LogP contribution is -2.54. The molecule has 0 fully saturated rings. The van der Waals surface area contributed by atoms with Crippen molar-refractivity contribution in [1.29, 1.82) is 0 Å². The largest absolute Gasteiger partial charge is 0.480 e. The lowest BCUT2D eigenvalue weighted by Gasteiger charge is -2.21. The number of carbonyl (C=O) groups excluding carboxylic acids is 3. The molecular weight excluding hydrogens is 466 g/mol. The third-order valence-corrected chi connectivity index (χ3v) is 5.61. The highest BCUT2D eigenvalue weighted by molar-refractivity contribution is 5.93. The first kappa shape index (κ1) is 26.4. The van der Waals surface area contributed by atoms with Crippen LogP contribution in [-0.4, -0.2) is 70.2 Å². The number of nitrogens with one attached hydrogen (secondary N) is 4. The van der Waals surface area contributed by atoms with Crippen molar-refractivity contribution in [3.8, 4) is 0 Å². The molecule has 36 heavy (non-hydrogen) atoms. The second kappa shape index (κ2) is 12.5. The Morgan fingerprint density at radius 3 is 2.28 bits per heavy atom. The molecule has 11 heteroatoms. The van der Waals surface area contributed by atoms with E-state index in [-0.39, 0.29) is 12.8 Å². The van der Waals surface area contributed by atoms with Crippen LogP contribution in [0.5, 0.6) is 0 Å². The molecular formula is C25H29N5O6. The van der Waals surface area contributed by atoms with Gasteiger partial charge in [-0.3, -0.25) is 14.4 Å². The van der Waals surface area contributed by atoms with Gasteiger partial charge in [0.25, 0.3) is 0 Å². The Kier molecular flexibility index (Phi) is 9.14. The van der Waals surface area contributed by atoms with Gasteiger partial charge in [-0.1, -0.05) is 48.5 Å². The molecule has 1 aromatic heterocycles. The van der Waals surface area contributed by atoms with Crippen molar-refractivity contribution in [1.82, 2.24) is 20.9 Å². The molecule has 3 atom stereocenters. The molecule has 0 spiro atoms. The number of nitrogens with two attached hydrogens (primary N) is 1. The number of aliphatic hydroxyl groups is 1. The first-order valence-electron chi connectivity index (χ1n) is 11.3. The summed E-state index contributed by atoms with van der Waals surface area (Å²) < 4.78 is 0. The molecule has 3 amide bonds. The fourth-order valence-electron chi connectivity index (χ4n) is 3.69. The van der Waals surface area contributed by atoms with E-state index in [1.807, 2.05) is 54.6 Å². The van der Waals surface area contributed by atoms with E-state index in [9.17, 15) is 19.2 Å². The Morgan fingerprint density at radius 1 is 0.889 bits per heavy atom. The maximum Gasteiger partial charge on any atom is 0.328 e. The Balaban J connectivity index is 1.70. The van der Waals surface area contributed by atoms with E-state index >= 15 is 0 Å². The predicted molar refractivity (Wildman–Crippen MR) is 132 cm³/mol. The third-order valence-electron chi connectivity index (χ3n) is 5.61. The molecule has 8 N–H and O–H groups in total. The summed E-state index contributed by atoms with van der Waals surface area (Å²) in [6.45, 7) is -1.34. The van der Waals surface area contributed by atoms with Crippen molar-refractivity contribution in [3.63, 3.8) is 0 Å². The zero-order chi connectivity index (χ0) is 26.1. The second-order valence-electron chi connectivity index (χ2n) is 8.28. The maximum absolute atomic E-state index is 13.0. The number of fused-ring (bicyclic) bond motifs is 1. The van der Waals surface area contributed by atoms with E-state index in [2.05, 4.69) is 20.9 Å².